The SMILES string of the molecule is Cc1ccc(N)cc1-c1cc(OCCOC2CCCCO2)nc(N2CCOCC2)c1. The van der Waals surface area contributed by atoms with Crippen molar-refractivity contribution in [2.45, 2.75) is 32.5 Å². The number of aryl methyl sites for hydroxylation is 1. The molecule has 0 spiro atoms. The third-order valence-corrected chi connectivity index (χ3v) is 5.47. The lowest BCUT2D eigenvalue weighted by Crippen LogP contribution is -2.36. The van der Waals surface area contributed by atoms with E-state index in [9.17, 15) is 0 Å². The normalized spacial score (nSPS) is 19.6. The fourth-order valence-electron chi connectivity index (χ4n) is 3.79. The van der Waals surface area contributed by atoms with Crippen LogP contribution in [-0.4, -0.2) is 57.4 Å². The summed E-state index contributed by atoms with van der Waals surface area (Å²) in [4.78, 5) is 6.98. The number of hydrogen-bond acceptors (Lipinski definition) is 7. The van der Waals surface area contributed by atoms with Gasteiger partial charge in [0.1, 0.15) is 12.4 Å². The number of ether oxygens (including phenoxy) is 4. The van der Waals surface area contributed by atoms with Gasteiger partial charge in [0.15, 0.2) is 6.29 Å². The van der Waals surface area contributed by atoms with Gasteiger partial charge in [-0.25, -0.2) is 0 Å². The van der Waals surface area contributed by atoms with E-state index in [1.807, 2.05) is 24.3 Å². The molecule has 2 aliphatic heterocycles. The Balaban J connectivity index is 1.50. The molecule has 1 atom stereocenters. The molecule has 4 rings (SSSR count). The fourth-order valence-corrected chi connectivity index (χ4v) is 3.79. The second-order valence-corrected chi connectivity index (χ2v) is 7.74. The molecule has 30 heavy (non-hydrogen) atoms. The summed E-state index contributed by atoms with van der Waals surface area (Å²) in [5.41, 5.74) is 10.1. The fraction of sp³-hybridized carbons (Fsp3) is 0.522. The number of aromatic nitrogens is 1. The van der Waals surface area contributed by atoms with Crippen molar-refractivity contribution in [3.63, 3.8) is 0 Å². The second-order valence-electron chi connectivity index (χ2n) is 7.74. The molecule has 1 aromatic heterocycles. The van der Waals surface area contributed by atoms with Crippen molar-refractivity contribution < 1.29 is 18.9 Å². The van der Waals surface area contributed by atoms with Gasteiger partial charge in [0.25, 0.3) is 0 Å². The van der Waals surface area contributed by atoms with E-state index in [1.165, 1.54) is 0 Å². The van der Waals surface area contributed by atoms with Gasteiger partial charge in [0.2, 0.25) is 5.88 Å². The van der Waals surface area contributed by atoms with Crippen molar-refractivity contribution in [3.05, 3.63) is 35.9 Å². The van der Waals surface area contributed by atoms with Gasteiger partial charge >= 0.3 is 0 Å². The van der Waals surface area contributed by atoms with E-state index in [-0.39, 0.29) is 6.29 Å². The minimum atomic E-state index is -0.111. The lowest BCUT2D eigenvalue weighted by Gasteiger charge is -2.28. The maximum Gasteiger partial charge on any atom is 0.215 e. The molecular weight excluding hydrogens is 382 g/mol. The van der Waals surface area contributed by atoms with Crippen molar-refractivity contribution in [2.75, 3.05) is 56.8 Å². The highest BCUT2D eigenvalue weighted by molar-refractivity contribution is 5.74. The first kappa shape index (κ1) is 20.9. The van der Waals surface area contributed by atoms with Crippen molar-refractivity contribution in [3.8, 4) is 17.0 Å². The van der Waals surface area contributed by atoms with E-state index >= 15 is 0 Å². The molecule has 162 valence electrons. The summed E-state index contributed by atoms with van der Waals surface area (Å²) in [5, 5.41) is 0. The number of rotatable bonds is 7. The van der Waals surface area contributed by atoms with Crippen LogP contribution in [0, 0.1) is 6.92 Å². The molecule has 0 saturated carbocycles. The first-order chi connectivity index (χ1) is 14.7. The van der Waals surface area contributed by atoms with Gasteiger partial charge in [-0.15, -0.1) is 0 Å². The topological polar surface area (TPSA) is 79.1 Å². The highest BCUT2D eigenvalue weighted by atomic mass is 16.7. The molecule has 2 aromatic rings. The molecular formula is C23H31N3O4. The average molecular weight is 414 g/mol. The van der Waals surface area contributed by atoms with Crippen LogP contribution in [0.2, 0.25) is 0 Å². The highest BCUT2D eigenvalue weighted by Gasteiger charge is 2.17. The first-order valence-corrected chi connectivity index (χ1v) is 10.8. The van der Waals surface area contributed by atoms with E-state index in [4.69, 9.17) is 29.7 Å². The smallest absolute Gasteiger partial charge is 0.215 e. The molecule has 0 bridgehead atoms. The quantitative estimate of drug-likeness (QED) is 0.550. The molecule has 7 nitrogen and oxygen atoms in total. The molecule has 0 amide bonds. The van der Waals surface area contributed by atoms with Crippen LogP contribution in [0.25, 0.3) is 11.1 Å². The minimum absolute atomic E-state index is 0.111. The van der Waals surface area contributed by atoms with Crippen LogP contribution >= 0.6 is 0 Å². The van der Waals surface area contributed by atoms with Crippen LogP contribution in [0.1, 0.15) is 24.8 Å². The van der Waals surface area contributed by atoms with Crippen molar-refractivity contribution in [1.82, 2.24) is 4.98 Å². The molecule has 3 heterocycles. The Bertz CT molecular complexity index is 833. The summed E-state index contributed by atoms with van der Waals surface area (Å²) in [6.07, 6.45) is 3.10. The van der Waals surface area contributed by atoms with E-state index in [2.05, 4.69) is 17.9 Å². The van der Waals surface area contributed by atoms with Crippen LogP contribution < -0.4 is 15.4 Å². The summed E-state index contributed by atoms with van der Waals surface area (Å²) in [6.45, 7) is 6.79. The van der Waals surface area contributed by atoms with Gasteiger partial charge < -0.3 is 29.6 Å². The van der Waals surface area contributed by atoms with Crippen LogP contribution in [-0.2, 0) is 14.2 Å². The number of benzene rings is 1. The van der Waals surface area contributed by atoms with E-state index in [0.717, 1.165) is 67.2 Å². The van der Waals surface area contributed by atoms with Gasteiger partial charge in [-0.1, -0.05) is 6.07 Å². The molecule has 2 aliphatic rings. The zero-order chi connectivity index (χ0) is 20.8. The third kappa shape index (κ3) is 5.41. The van der Waals surface area contributed by atoms with E-state index in [1.54, 1.807) is 0 Å². The van der Waals surface area contributed by atoms with Crippen LogP contribution in [0.5, 0.6) is 5.88 Å². The largest absolute Gasteiger partial charge is 0.475 e. The lowest BCUT2D eigenvalue weighted by atomic mass is 10.0. The Morgan fingerprint density at radius 1 is 1.10 bits per heavy atom. The number of anilines is 2. The summed E-state index contributed by atoms with van der Waals surface area (Å²) in [7, 11) is 0. The number of nitrogen functional groups attached to an aromatic ring is 1. The Labute approximate surface area is 178 Å². The van der Waals surface area contributed by atoms with Gasteiger partial charge in [0, 0.05) is 31.5 Å². The van der Waals surface area contributed by atoms with Crippen LogP contribution in [0.4, 0.5) is 11.5 Å². The number of nitrogens with zero attached hydrogens (tertiary/aromatic N) is 2. The molecule has 2 fully saturated rings. The van der Waals surface area contributed by atoms with Gasteiger partial charge in [0.05, 0.1) is 19.8 Å². The molecule has 1 aromatic carbocycles. The zero-order valence-corrected chi connectivity index (χ0v) is 17.6. The van der Waals surface area contributed by atoms with Crippen molar-refractivity contribution in [2.24, 2.45) is 0 Å². The summed E-state index contributed by atoms with van der Waals surface area (Å²) >= 11 is 0. The van der Waals surface area contributed by atoms with Gasteiger partial charge in [-0.05, 0) is 61.1 Å². The molecule has 1 unspecified atom stereocenters. The predicted molar refractivity (Wildman–Crippen MR) is 117 cm³/mol. The molecule has 7 heteroatoms. The molecule has 0 aliphatic carbocycles. The van der Waals surface area contributed by atoms with Crippen LogP contribution in [0.15, 0.2) is 30.3 Å². The Hall–Kier alpha value is -2.35. The van der Waals surface area contributed by atoms with E-state index < -0.39 is 0 Å². The van der Waals surface area contributed by atoms with Crippen molar-refractivity contribution in [1.29, 1.82) is 0 Å². The maximum atomic E-state index is 6.05. The lowest BCUT2D eigenvalue weighted by molar-refractivity contribution is -0.165. The van der Waals surface area contributed by atoms with Crippen LogP contribution in [0.3, 0.4) is 0 Å². The summed E-state index contributed by atoms with van der Waals surface area (Å²) < 4.78 is 22.9. The zero-order valence-electron chi connectivity index (χ0n) is 17.6. The molecule has 0 radical (unpaired) electrons. The monoisotopic (exact) mass is 413 g/mol. The number of nitrogens with two attached hydrogens (primary N) is 1. The standard InChI is InChI=1S/C23H31N3O4/c1-17-5-6-19(24)16-20(17)18-14-21(26-7-10-27-11-8-26)25-22(15-18)28-12-13-30-23-4-2-3-9-29-23/h5-6,14-16,23H,2-4,7-13,24H2,1H3. The number of hydrogen-bond donors (Lipinski definition) is 1. The Kier molecular flexibility index (Phi) is 7.04. The van der Waals surface area contributed by atoms with Gasteiger partial charge in [-0.3, -0.25) is 0 Å². The van der Waals surface area contributed by atoms with E-state index in [0.29, 0.717) is 32.3 Å². The molecule has 2 saturated heterocycles. The molecule has 2 N–H and O–H groups in total. The number of morpholine rings is 1. The minimum Gasteiger partial charge on any atom is -0.475 e. The Morgan fingerprint density at radius 2 is 1.97 bits per heavy atom. The summed E-state index contributed by atoms with van der Waals surface area (Å²) in [5.74, 6) is 1.48. The second kappa shape index (κ2) is 10.1. The van der Waals surface area contributed by atoms with Crippen molar-refractivity contribution >= 4 is 11.5 Å². The maximum absolute atomic E-state index is 6.05. The average Bonchev–Trinajstić information content (AvgIpc) is 2.79. The Morgan fingerprint density at radius 3 is 2.77 bits per heavy atom. The predicted octanol–water partition coefficient (Wildman–Crippen LogP) is 3.40. The first-order valence-electron chi connectivity index (χ1n) is 10.8. The summed E-state index contributed by atoms with van der Waals surface area (Å²) in [6, 6.07) is 10.0. The highest BCUT2D eigenvalue weighted by Crippen LogP contribution is 2.31. The number of pyridine rings is 1. The van der Waals surface area contributed by atoms with Gasteiger partial charge in [-0.2, -0.15) is 4.98 Å². The third-order valence-electron chi connectivity index (χ3n) is 5.47.